The van der Waals surface area contributed by atoms with Crippen molar-refractivity contribution in [3.63, 3.8) is 0 Å². The third kappa shape index (κ3) is 1.95. The van der Waals surface area contributed by atoms with Crippen LogP contribution in [0.25, 0.3) is 16.9 Å². The van der Waals surface area contributed by atoms with Gasteiger partial charge < -0.3 is 10.5 Å². The van der Waals surface area contributed by atoms with E-state index < -0.39 is 0 Å². The number of halogens is 2. The van der Waals surface area contributed by atoms with Crippen LogP contribution in [0.1, 0.15) is 0 Å². The number of nitrogen functional groups attached to an aromatic ring is 1. The number of benzene rings is 1. The molecular formula is C13H10Cl2N4O. The molecule has 3 aromatic rings. The number of anilines is 1. The molecule has 0 aliphatic carbocycles. The highest BCUT2D eigenvalue weighted by molar-refractivity contribution is 6.37. The minimum absolute atomic E-state index is 0.260. The van der Waals surface area contributed by atoms with E-state index in [4.69, 9.17) is 33.7 Å². The molecule has 0 fully saturated rings. The Morgan fingerprint density at radius 3 is 2.45 bits per heavy atom. The molecule has 0 aliphatic heterocycles. The first kappa shape index (κ1) is 13.0. The fraction of sp³-hybridized carbons (Fsp3) is 0.0769. The number of hydrogen-bond donors (Lipinski definition) is 1. The summed E-state index contributed by atoms with van der Waals surface area (Å²) in [5.41, 5.74) is 7.70. The van der Waals surface area contributed by atoms with Crippen molar-refractivity contribution in [1.82, 2.24) is 14.5 Å². The molecule has 0 amide bonds. The van der Waals surface area contributed by atoms with Gasteiger partial charge in [-0.1, -0.05) is 29.3 Å². The number of pyridine rings is 1. The number of rotatable bonds is 2. The molecule has 2 N–H and O–H groups in total. The minimum Gasteiger partial charge on any atom is -0.481 e. The van der Waals surface area contributed by atoms with Crippen LogP contribution in [0.2, 0.25) is 10.0 Å². The van der Waals surface area contributed by atoms with Crippen molar-refractivity contribution in [1.29, 1.82) is 0 Å². The standard InChI is InChI=1S/C13H10Cl2N4O/c1-20-10-6-5-9-12(18-10)19(13(16)17-9)11-7(14)3-2-4-8(11)15/h2-6H,1H3,(H2,16,17). The van der Waals surface area contributed by atoms with Gasteiger partial charge in [-0.05, 0) is 18.2 Å². The van der Waals surface area contributed by atoms with Crippen LogP contribution in [0, 0.1) is 0 Å². The maximum atomic E-state index is 6.22. The fourth-order valence-corrected chi connectivity index (χ4v) is 2.56. The molecular weight excluding hydrogens is 299 g/mol. The molecule has 0 bridgehead atoms. The number of para-hydroxylation sites is 1. The number of imidazole rings is 1. The van der Waals surface area contributed by atoms with E-state index in [9.17, 15) is 0 Å². The van der Waals surface area contributed by atoms with Gasteiger partial charge in [0.05, 0.1) is 22.8 Å². The lowest BCUT2D eigenvalue weighted by molar-refractivity contribution is 0.399. The molecule has 0 atom stereocenters. The molecule has 2 heterocycles. The molecule has 7 heteroatoms. The molecule has 20 heavy (non-hydrogen) atoms. The van der Waals surface area contributed by atoms with Gasteiger partial charge >= 0.3 is 0 Å². The van der Waals surface area contributed by atoms with E-state index >= 15 is 0 Å². The van der Waals surface area contributed by atoms with Crippen LogP contribution in [-0.4, -0.2) is 21.6 Å². The van der Waals surface area contributed by atoms with Crippen molar-refractivity contribution in [2.45, 2.75) is 0 Å². The van der Waals surface area contributed by atoms with Gasteiger partial charge in [0, 0.05) is 6.07 Å². The van der Waals surface area contributed by atoms with Gasteiger partial charge in [-0.3, -0.25) is 4.57 Å². The second kappa shape index (κ2) is 4.85. The monoisotopic (exact) mass is 308 g/mol. The van der Waals surface area contributed by atoms with Crippen LogP contribution in [0.3, 0.4) is 0 Å². The zero-order chi connectivity index (χ0) is 14.3. The van der Waals surface area contributed by atoms with E-state index in [1.165, 1.54) is 0 Å². The Hall–Kier alpha value is -1.98. The van der Waals surface area contributed by atoms with E-state index in [0.29, 0.717) is 32.8 Å². The van der Waals surface area contributed by atoms with Gasteiger partial charge in [-0.15, -0.1) is 0 Å². The van der Waals surface area contributed by atoms with E-state index in [-0.39, 0.29) is 5.95 Å². The second-order valence-corrected chi connectivity index (χ2v) is 4.89. The summed E-state index contributed by atoms with van der Waals surface area (Å²) in [6.07, 6.45) is 0. The fourth-order valence-electron chi connectivity index (χ4n) is 1.99. The van der Waals surface area contributed by atoms with Gasteiger partial charge in [-0.25, -0.2) is 4.98 Å². The summed E-state index contributed by atoms with van der Waals surface area (Å²) in [4.78, 5) is 8.61. The Balaban J connectivity index is 2.38. The van der Waals surface area contributed by atoms with Gasteiger partial charge in [-0.2, -0.15) is 4.98 Å². The third-order valence-corrected chi connectivity index (χ3v) is 3.49. The number of aromatic nitrogens is 3. The highest BCUT2D eigenvalue weighted by Crippen LogP contribution is 2.33. The van der Waals surface area contributed by atoms with Crippen LogP contribution in [0.5, 0.6) is 5.88 Å². The number of nitrogens with zero attached hydrogens (tertiary/aromatic N) is 3. The summed E-state index contributed by atoms with van der Waals surface area (Å²) in [5, 5.41) is 0.932. The molecule has 0 spiro atoms. The number of ether oxygens (including phenoxy) is 1. The van der Waals surface area contributed by atoms with E-state index in [2.05, 4.69) is 9.97 Å². The summed E-state index contributed by atoms with van der Waals surface area (Å²) in [7, 11) is 1.54. The van der Waals surface area contributed by atoms with Crippen molar-refractivity contribution in [3.05, 3.63) is 40.4 Å². The van der Waals surface area contributed by atoms with Crippen LogP contribution >= 0.6 is 23.2 Å². The van der Waals surface area contributed by atoms with E-state index in [1.807, 2.05) is 0 Å². The third-order valence-electron chi connectivity index (χ3n) is 2.88. The van der Waals surface area contributed by atoms with Crippen molar-refractivity contribution in [2.75, 3.05) is 12.8 Å². The first-order valence-corrected chi connectivity index (χ1v) is 6.50. The predicted octanol–water partition coefficient (Wildman–Crippen LogP) is 3.32. The molecule has 0 saturated carbocycles. The predicted molar refractivity (Wildman–Crippen MR) is 79.8 cm³/mol. The van der Waals surface area contributed by atoms with Crippen molar-refractivity contribution in [2.24, 2.45) is 0 Å². The van der Waals surface area contributed by atoms with Gasteiger partial charge in [0.1, 0.15) is 5.52 Å². The smallest absolute Gasteiger partial charge is 0.215 e. The largest absolute Gasteiger partial charge is 0.481 e. The molecule has 0 unspecified atom stereocenters. The highest BCUT2D eigenvalue weighted by atomic mass is 35.5. The molecule has 0 saturated heterocycles. The quantitative estimate of drug-likeness (QED) is 0.788. The topological polar surface area (TPSA) is 66.0 Å². The summed E-state index contributed by atoms with van der Waals surface area (Å²) >= 11 is 12.4. The first-order chi connectivity index (χ1) is 9.61. The van der Waals surface area contributed by atoms with Gasteiger partial charge in [0.2, 0.25) is 11.8 Å². The Morgan fingerprint density at radius 2 is 1.80 bits per heavy atom. The maximum absolute atomic E-state index is 6.22. The molecule has 5 nitrogen and oxygen atoms in total. The van der Waals surface area contributed by atoms with Crippen LogP contribution in [0.4, 0.5) is 5.95 Å². The Bertz CT molecular complexity index is 780. The van der Waals surface area contributed by atoms with Crippen LogP contribution < -0.4 is 10.5 Å². The van der Waals surface area contributed by atoms with Crippen LogP contribution in [-0.2, 0) is 0 Å². The van der Waals surface area contributed by atoms with Crippen molar-refractivity contribution in [3.8, 4) is 11.6 Å². The Morgan fingerprint density at radius 1 is 1.10 bits per heavy atom. The molecule has 102 valence electrons. The average Bonchev–Trinajstić information content (AvgIpc) is 2.74. The summed E-state index contributed by atoms with van der Waals surface area (Å²) in [6, 6.07) is 8.71. The lowest BCUT2D eigenvalue weighted by atomic mass is 10.3. The normalized spacial score (nSPS) is 10.9. The highest BCUT2D eigenvalue weighted by Gasteiger charge is 2.17. The van der Waals surface area contributed by atoms with E-state index in [0.717, 1.165) is 0 Å². The average molecular weight is 309 g/mol. The van der Waals surface area contributed by atoms with Crippen molar-refractivity contribution < 1.29 is 4.74 Å². The maximum Gasteiger partial charge on any atom is 0.215 e. The number of methoxy groups -OCH3 is 1. The summed E-state index contributed by atoms with van der Waals surface area (Å²) in [6.45, 7) is 0. The minimum atomic E-state index is 0.260. The Labute approximate surface area is 124 Å². The second-order valence-electron chi connectivity index (χ2n) is 4.07. The number of nitrogens with two attached hydrogens (primary N) is 1. The number of hydrogen-bond acceptors (Lipinski definition) is 4. The van der Waals surface area contributed by atoms with E-state index in [1.54, 1.807) is 42.0 Å². The lowest BCUT2D eigenvalue weighted by Crippen LogP contribution is -2.03. The van der Waals surface area contributed by atoms with Gasteiger partial charge in [0.15, 0.2) is 5.65 Å². The molecule has 1 aromatic carbocycles. The summed E-state index contributed by atoms with van der Waals surface area (Å²) in [5.74, 6) is 0.720. The summed E-state index contributed by atoms with van der Waals surface area (Å²) < 4.78 is 6.74. The SMILES string of the molecule is COc1ccc2nc(N)n(-c3c(Cl)cccc3Cl)c2n1. The van der Waals surface area contributed by atoms with Crippen LogP contribution in [0.15, 0.2) is 30.3 Å². The van der Waals surface area contributed by atoms with Crippen molar-refractivity contribution >= 4 is 40.3 Å². The zero-order valence-electron chi connectivity index (χ0n) is 10.5. The molecule has 0 aliphatic rings. The molecule has 3 rings (SSSR count). The van der Waals surface area contributed by atoms with Gasteiger partial charge in [0.25, 0.3) is 0 Å². The lowest BCUT2D eigenvalue weighted by Gasteiger charge is -2.10. The molecule has 0 radical (unpaired) electrons. The molecule has 2 aromatic heterocycles. The Kier molecular flexibility index (Phi) is 3.16. The zero-order valence-corrected chi connectivity index (χ0v) is 12.0. The number of fused-ring (bicyclic) bond motifs is 1. The first-order valence-electron chi connectivity index (χ1n) is 5.75.